The Kier molecular flexibility index (Phi) is 6.03. The van der Waals surface area contributed by atoms with E-state index in [0.717, 1.165) is 23.2 Å². The van der Waals surface area contributed by atoms with Gasteiger partial charge in [0.15, 0.2) is 6.10 Å². The first-order valence-electron chi connectivity index (χ1n) is 10.5. The third kappa shape index (κ3) is 4.45. The van der Waals surface area contributed by atoms with Crippen LogP contribution in [-0.4, -0.2) is 24.0 Å². The molecule has 0 fully saturated rings. The van der Waals surface area contributed by atoms with Gasteiger partial charge in [0.05, 0.1) is 5.56 Å². The first kappa shape index (κ1) is 20.7. The molecule has 158 valence electrons. The lowest BCUT2D eigenvalue weighted by molar-refractivity contribution is -0.124. The number of fused-ring (bicyclic) bond motifs is 1. The Balaban J connectivity index is 1.47. The van der Waals surface area contributed by atoms with Gasteiger partial charge in [-0.2, -0.15) is 0 Å². The molecule has 4 rings (SSSR count). The number of hydrogen-bond donors (Lipinski definition) is 1. The van der Waals surface area contributed by atoms with E-state index in [2.05, 4.69) is 11.4 Å². The van der Waals surface area contributed by atoms with Crippen molar-refractivity contribution in [1.82, 2.24) is 5.32 Å². The van der Waals surface area contributed by atoms with Crippen LogP contribution in [0.5, 0.6) is 5.75 Å². The average molecular weight is 415 g/mol. The molecule has 2 unspecified atom stereocenters. The molecule has 1 aliphatic rings. The van der Waals surface area contributed by atoms with Crippen LogP contribution < -0.4 is 15.0 Å². The van der Waals surface area contributed by atoms with Crippen LogP contribution in [0, 0.1) is 0 Å². The topological polar surface area (TPSA) is 58.6 Å². The molecule has 0 aromatic heterocycles. The molecule has 1 N–H and O–H groups in total. The van der Waals surface area contributed by atoms with E-state index in [0.29, 0.717) is 17.9 Å². The van der Waals surface area contributed by atoms with Crippen LogP contribution in [0.2, 0.25) is 0 Å². The first-order chi connectivity index (χ1) is 15.0. The summed E-state index contributed by atoms with van der Waals surface area (Å²) in [6, 6.07) is 24.8. The highest BCUT2D eigenvalue weighted by Gasteiger charge is 2.34. The smallest absolute Gasteiger partial charge is 0.268 e. The Bertz CT molecular complexity index is 1080. The molecule has 1 heterocycles. The van der Waals surface area contributed by atoms with E-state index in [1.165, 1.54) is 0 Å². The number of nitrogens with zero attached hydrogens (tertiary/aromatic N) is 1. The molecule has 3 aromatic carbocycles. The van der Waals surface area contributed by atoms with E-state index < -0.39 is 6.10 Å². The number of para-hydroxylation sites is 2. The summed E-state index contributed by atoms with van der Waals surface area (Å²) in [4.78, 5) is 27.8. The van der Waals surface area contributed by atoms with Crippen molar-refractivity contribution in [2.75, 3.05) is 4.90 Å². The predicted octanol–water partition coefficient (Wildman–Crippen LogP) is 4.36. The number of anilines is 1. The molecule has 0 radical (unpaired) electrons. The molecule has 0 spiro atoms. The van der Waals surface area contributed by atoms with Crippen LogP contribution in [0.15, 0.2) is 78.9 Å². The zero-order chi connectivity index (χ0) is 21.8. The van der Waals surface area contributed by atoms with E-state index in [1.807, 2.05) is 55.5 Å². The number of hydrogen-bond acceptors (Lipinski definition) is 3. The van der Waals surface area contributed by atoms with Crippen molar-refractivity contribution in [3.8, 4) is 5.75 Å². The number of nitrogens with one attached hydrogen (secondary N) is 1. The number of ether oxygens (including phenoxy) is 1. The SMILES string of the molecule is CC(Oc1ccccc1C(=O)NCc1ccccc1)C(=O)N1c2ccccc2CC1C. The summed E-state index contributed by atoms with van der Waals surface area (Å²) in [7, 11) is 0. The van der Waals surface area contributed by atoms with Gasteiger partial charge in [-0.3, -0.25) is 9.59 Å². The van der Waals surface area contributed by atoms with Crippen LogP contribution >= 0.6 is 0 Å². The Morgan fingerprint density at radius 1 is 1.00 bits per heavy atom. The quantitative estimate of drug-likeness (QED) is 0.652. The summed E-state index contributed by atoms with van der Waals surface area (Å²) in [5.74, 6) is 0.0463. The van der Waals surface area contributed by atoms with Crippen molar-refractivity contribution in [1.29, 1.82) is 0 Å². The average Bonchev–Trinajstić information content (AvgIpc) is 3.13. The van der Waals surface area contributed by atoms with Gasteiger partial charge in [0, 0.05) is 18.3 Å². The number of carbonyl (C=O) groups excluding carboxylic acids is 2. The van der Waals surface area contributed by atoms with Gasteiger partial charge in [-0.15, -0.1) is 0 Å². The van der Waals surface area contributed by atoms with Gasteiger partial charge >= 0.3 is 0 Å². The van der Waals surface area contributed by atoms with Gasteiger partial charge < -0.3 is 15.0 Å². The Morgan fingerprint density at radius 2 is 1.68 bits per heavy atom. The van der Waals surface area contributed by atoms with Crippen molar-refractivity contribution < 1.29 is 14.3 Å². The second kappa shape index (κ2) is 9.04. The van der Waals surface area contributed by atoms with E-state index in [9.17, 15) is 9.59 Å². The van der Waals surface area contributed by atoms with Gasteiger partial charge in [0.2, 0.25) is 0 Å². The second-order valence-electron chi connectivity index (χ2n) is 7.81. The molecule has 31 heavy (non-hydrogen) atoms. The van der Waals surface area contributed by atoms with Crippen molar-refractivity contribution in [3.63, 3.8) is 0 Å². The highest BCUT2D eigenvalue weighted by molar-refractivity contribution is 6.00. The molecular weight excluding hydrogens is 388 g/mol. The summed E-state index contributed by atoms with van der Waals surface area (Å²) in [6.45, 7) is 4.19. The zero-order valence-electron chi connectivity index (χ0n) is 17.7. The standard InChI is InChI=1S/C26H26N2O3/c1-18-16-21-12-6-8-14-23(21)28(18)26(30)19(2)31-24-15-9-7-13-22(24)25(29)27-17-20-10-4-3-5-11-20/h3-15,18-19H,16-17H2,1-2H3,(H,27,29). The molecule has 2 amide bonds. The molecule has 5 heteroatoms. The van der Waals surface area contributed by atoms with Crippen LogP contribution in [0.4, 0.5) is 5.69 Å². The van der Waals surface area contributed by atoms with Crippen LogP contribution in [0.25, 0.3) is 0 Å². The second-order valence-corrected chi connectivity index (χ2v) is 7.81. The molecule has 0 saturated carbocycles. The monoisotopic (exact) mass is 414 g/mol. The first-order valence-corrected chi connectivity index (χ1v) is 10.5. The molecule has 1 aliphatic heterocycles. The van der Waals surface area contributed by atoms with Crippen molar-refractivity contribution in [2.45, 2.75) is 39.0 Å². The Labute approximate surface area is 182 Å². The fraction of sp³-hybridized carbons (Fsp3) is 0.231. The minimum Gasteiger partial charge on any atom is -0.480 e. The summed E-state index contributed by atoms with van der Waals surface area (Å²) in [5.41, 5.74) is 3.52. The van der Waals surface area contributed by atoms with E-state index in [4.69, 9.17) is 4.74 Å². The molecule has 5 nitrogen and oxygen atoms in total. The lowest BCUT2D eigenvalue weighted by atomic mass is 10.1. The van der Waals surface area contributed by atoms with Crippen molar-refractivity contribution >= 4 is 17.5 Å². The minimum absolute atomic E-state index is 0.0698. The van der Waals surface area contributed by atoms with Crippen molar-refractivity contribution in [2.24, 2.45) is 0 Å². The largest absolute Gasteiger partial charge is 0.480 e. The summed E-state index contributed by atoms with van der Waals surface area (Å²) < 4.78 is 6.00. The van der Waals surface area contributed by atoms with Crippen molar-refractivity contribution in [3.05, 3.63) is 95.6 Å². The van der Waals surface area contributed by atoms with Crippen LogP contribution in [0.3, 0.4) is 0 Å². The maximum absolute atomic E-state index is 13.2. The van der Waals surface area contributed by atoms with Crippen LogP contribution in [-0.2, 0) is 17.8 Å². The van der Waals surface area contributed by atoms with Gasteiger partial charge in [-0.1, -0.05) is 60.7 Å². The van der Waals surface area contributed by atoms with Gasteiger partial charge in [0.1, 0.15) is 5.75 Å². The fourth-order valence-corrected chi connectivity index (χ4v) is 3.97. The molecule has 3 aromatic rings. The molecular formula is C26H26N2O3. The highest BCUT2D eigenvalue weighted by atomic mass is 16.5. The van der Waals surface area contributed by atoms with Gasteiger partial charge in [-0.25, -0.2) is 0 Å². The maximum Gasteiger partial charge on any atom is 0.268 e. The highest BCUT2D eigenvalue weighted by Crippen LogP contribution is 2.33. The predicted molar refractivity (Wildman–Crippen MR) is 121 cm³/mol. The van der Waals surface area contributed by atoms with Crippen LogP contribution in [0.1, 0.15) is 35.3 Å². The number of carbonyl (C=O) groups is 2. The lowest BCUT2D eigenvalue weighted by Gasteiger charge is -2.26. The molecule has 0 saturated heterocycles. The maximum atomic E-state index is 13.2. The lowest BCUT2D eigenvalue weighted by Crippen LogP contribution is -2.43. The summed E-state index contributed by atoms with van der Waals surface area (Å²) in [5, 5.41) is 2.92. The van der Waals surface area contributed by atoms with E-state index in [-0.39, 0.29) is 17.9 Å². The molecule has 0 bridgehead atoms. The van der Waals surface area contributed by atoms with E-state index >= 15 is 0 Å². The third-order valence-corrected chi connectivity index (χ3v) is 5.52. The number of amides is 2. The third-order valence-electron chi connectivity index (χ3n) is 5.52. The number of benzene rings is 3. The number of rotatable bonds is 6. The Morgan fingerprint density at radius 3 is 2.48 bits per heavy atom. The minimum atomic E-state index is -0.725. The Hall–Kier alpha value is -3.60. The normalized spacial score (nSPS) is 15.8. The summed E-state index contributed by atoms with van der Waals surface area (Å²) >= 11 is 0. The summed E-state index contributed by atoms with van der Waals surface area (Å²) in [6.07, 6.45) is 0.101. The van der Waals surface area contributed by atoms with E-state index in [1.54, 1.807) is 36.1 Å². The molecule has 2 atom stereocenters. The fourth-order valence-electron chi connectivity index (χ4n) is 3.97. The molecule has 0 aliphatic carbocycles. The zero-order valence-corrected chi connectivity index (χ0v) is 17.7. The van der Waals surface area contributed by atoms with Gasteiger partial charge in [-0.05, 0) is 49.6 Å². The van der Waals surface area contributed by atoms with Gasteiger partial charge in [0.25, 0.3) is 11.8 Å².